The van der Waals surface area contributed by atoms with E-state index >= 15 is 0 Å². The smallest absolute Gasteiger partial charge is 0.224 e. The summed E-state index contributed by atoms with van der Waals surface area (Å²) in [5, 5.41) is 2.90. The Bertz CT molecular complexity index is 338. The fourth-order valence-corrected chi connectivity index (χ4v) is 1.69. The number of amides is 1. The molecule has 0 aliphatic carbocycles. The molecule has 1 rings (SSSR count). The van der Waals surface area contributed by atoms with E-state index in [-0.39, 0.29) is 5.91 Å². The third-order valence-electron chi connectivity index (χ3n) is 2.64. The van der Waals surface area contributed by atoms with Gasteiger partial charge in [-0.1, -0.05) is 45.4 Å². The highest BCUT2D eigenvalue weighted by atomic mass is 16.1. The van der Waals surface area contributed by atoms with Crippen LogP contribution in [-0.2, 0) is 4.79 Å². The van der Waals surface area contributed by atoms with Gasteiger partial charge in [0, 0.05) is 12.1 Å². The Kier molecular flexibility index (Phi) is 5.20. The Morgan fingerprint density at radius 2 is 1.76 bits per heavy atom. The van der Waals surface area contributed by atoms with E-state index in [9.17, 15) is 4.79 Å². The van der Waals surface area contributed by atoms with Crippen molar-refractivity contribution in [2.75, 3.05) is 5.32 Å². The van der Waals surface area contributed by atoms with Crippen molar-refractivity contribution in [2.45, 2.75) is 46.5 Å². The monoisotopic (exact) mass is 233 g/mol. The van der Waals surface area contributed by atoms with Crippen LogP contribution in [0.5, 0.6) is 0 Å². The highest BCUT2D eigenvalue weighted by Gasteiger charge is 2.09. The lowest BCUT2D eigenvalue weighted by molar-refractivity contribution is -0.116. The van der Waals surface area contributed by atoms with Crippen LogP contribution in [0.15, 0.2) is 30.3 Å². The van der Waals surface area contributed by atoms with Gasteiger partial charge >= 0.3 is 0 Å². The van der Waals surface area contributed by atoms with E-state index in [1.165, 1.54) is 6.42 Å². The zero-order valence-corrected chi connectivity index (χ0v) is 11.1. The second-order valence-electron chi connectivity index (χ2n) is 5.68. The minimum atomic E-state index is 0.116. The molecule has 0 unspecified atom stereocenters. The summed E-state index contributed by atoms with van der Waals surface area (Å²) in [6, 6.07) is 9.61. The molecule has 0 aromatic heterocycles. The molecule has 1 aromatic carbocycles. The predicted octanol–water partition coefficient (Wildman–Crippen LogP) is 4.23. The number of carbonyl (C=O) groups excluding carboxylic acids is 1. The summed E-state index contributed by atoms with van der Waals surface area (Å²) in [6.45, 7) is 6.70. The molecule has 1 amide bonds. The van der Waals surface area contributed by atoms with Crippen LogP contribution in [-0.4, -0.2) is 5.91 Å². The zero-order valence-electron chi connectivity index (χ0n) is 11.1. The molecule has 0 spiro atoms. The molecule has 0 fully saturated rings. The Balaban J connectivity index is 2.18. The molecular weight excluding hydrogens is 210 g/mol. The molecule has 0 aliphatic heterocycles. The molecule has 0 aliphatic rings. The molecule has 2 nitrogen and oxygen atoms in total. The first-order chi connectivity index (χ1) is 7.97. The maximum atomic E-state index is 11.6. The van der Waals surface area contributed by atoms with Crippen molar-refractivity contribution in [3.8, 4) is 0 Å². The van der Waals surface area contributed by atoms with Crippen LogP contribution in [0.1, 0.15) is 46.5 Å². The minimum absolute atomic E-state index is 0.116. The Hall–Kier alpha value is -1.31. The van der Waals surface area contributed by atoms with E-state index in [1.807, 2.05) is 30.3 Å². The summed E-state index contributed by atoms with van der Waals surface area (Å²) >= 11 is 0. The van der Waals surface area contributed by atoms with Crippen molar-refractivity contribution < 1.29 is 4.79 Å². The summed E-state index contributed by atoms with van der Waals surface area (Å²) in [5.74, 6) is 0.116. The average molecular weight is 233 g/mol. The Labute approximate surface area is 104 Å². The standard InChI is InChI=1S/C15H23NO/c1-15(2,3)12-8-7-11-14(17)16-13-9-5-4-6-10-13/h4-6,9-10H,7-8,11-12H2,1-3H3,(H,16,17). The van der Waals surface area contributed by atoms with Crippen LogP contribution in [0.3, 0.4) is 0 Å². The molecule has 1 N–H and O–H groups in total. The molecule has 17 heavy (non-hydrogen) atoms. The zero-order chi connectivity index (χ0) is 12.7. The van der Waals surface area contributed by atoms with Gasteiger partial charge in [-0.15, -0.1) is 0 Å². The van der Waals surface area contributed by atoms with Crippen molar-refractivity contribution in [3.05, 3.63) is 30.3 Å². The largest absolute Gasteiger partial charge is 0.326 e. The normalized spacial score (nSPS) is 11.2. The lowest BCUT2D eigenvalue weighted by Crippen LogP contribution is -2.11. The second-order valence-corrected chi connectivity index (χ2v) is 5.68. The van der Waals surface area contributed by atoms with Gasteiger partial charge in [-0.05, 0) is 30.4 Å². The fourth-order valence-electron chi connectivity index (χ4n) is 1.69. The number of unbranched alkanes of at least 4 members (excludes halogenated alkanes) is 1. The number of hydrogen-bond donors (Lipinski definition) is 1. The van der Waals surface area contributed by atoms with E-state index in [0.717, 1.165) is 18.5 Å². The maximum Gasteiger partial charge on any atom is 0.224 e. The van der Waals surface area contributed by atoms with Crippen LogP contribution in [0.2, 0.25) is 0 Å². The average Bonchev–Trinajstić information content (AvgIpc) is 2.25. The van der Waals surface area contributed by atoms with Gasteiger partial charge < -0.3 is 5.32 Å². The van der Waals surface area contributed by atoms with Gasteiger partial charge in [0.1, 0.15) is 0 Å². The van der Waals surface area contributed by atoms with Gasteiger partial charge in [0.2, 0.25) is 5.91 Å². The minimum Gasteiger partial charge on any atom is -0.326 e. The topological polar surface area (TPSA) is 29.1 Å². The van der Waals surface area contributed by atoms with E-state index < -0.39 is 0 Å². The molecule has 0 bridgehead atoms. The summed E-state index contributed by atoms with van der Waals surface area (Å²) < 4.78 is 0. The first-order valence-corrected chi connectivity index (χ1v) is 6.32. The number of rotatable bonds is 5. The molecule has 94 valence electrons. The van der Waals surface area contributed by atoms with E-state index in [0.29, 0.717) is 11.8 Å². The van der Waals surface area contributed by atoms with Crippen molar-refractivity contribution in [3.63, 3.8) is 0 Å². The summed E-state index contributed by atoms with van der Waals surface area (Å²) in [6.07, 6.45) is 3.87. The SMILES string of the molecule is CC(C)(C)CCCCC(=O)Nc1ccccc1. The van der Waals surface area contributed by atoms with Crippen molar-refractivity contribution in [1.82, 2.24) is 0 Å². The van der Waals surface area contributed by atoms with Gasteiger partial charge in [0.05, 0.1) is 0 Å². The van der Waals surface area contributed by atoms with E-state index in [1.54, 1.807) is 0 Å². The number of carbonyl (C=O) groups is 1. The molecule has 0 radical (unpaired) electrons. The van der Waals surface area contributed by atoms with Gasteiger partial charge in [0.25, 0.3) is 0 Å². The Morgan fingerprint density at radius 1 is 1.12 bits per heavy atom. The van der Waals surface area contributed by atoms with Gasteiger partial charge in [-0.25, -0.2) is 0 Å². The molecule has 0 saturated carbocycles. The summed E-state index contributed by atoms with van der Waals surface area (Å²) in [4.78, 5) is 11.6. The quantitative estimate of drug-likeness (QED) is 0.757. The number of para-hydroxylation sites is 1. The fraction of sp³-hybridized carbons (Fsp3) is 0.533. The molecule has 0 saturated heterocycles. The van der Waals surface area contributed by atoms with Crippen LogP contribution in [0, 0.1) is 5.41 Å². The van der Waals surface area contributed by atoms with Crippen LogP contribution < -0.4 is 5.32 Å². The maximum absolute atomic E-state index is 11.6. The van der Waals surface area contributed by atoms with Crippen molar-refractivity contribution in [1.29, 1.82) is 0 Å². The van der Waals surface area contributed by atoms with E-state index in [2.05, 4.69) is 26.1 Å². The molecule has 2 heteroatoms. The third kappa shape index (κ3) is 6.77. The van der Waals surface area contributed by atoms with Crippen LogP contribution in [0.25, 0.3) is 0 Å². The number of nitrogens with one attached hydrogen (secondary N) is 1. The van der Waals surface area contributed by atoms with Crippen molar-refractivity contribution in [2.24, 2.45) is 5.41 Å². The van der Waals surface area contributed by atoms with Crippen LogP contribution in [0.4, 0.5) is 5.69 Å². The van der Waals surface area contributed by atoms with Crippen LogP contribution >= 0.6 is 0 Å². The molecule has 1 aromatic rings. The lowest BCUT2D eigenvalue weighted by Gasteiger charge is -2.17. The first kappa shape index (κ1) is 13.8. The second kappa shape index (κ2) is 6.43. The molecule has 0 atom stereocenters. The third-order valence-corrected chi connectivity index (χ3v) is 2.64. The predicted molar refractivity (Wildman–Crippen MR) is 73.0 cm³/mol. The van der Waals surface area contributed by atoms with Gasteiger partial charge in [-0.2, -0.15) is 0 Å². The number of benzene rings is 1. The van der Waals surface area contributed by atoms with Gasteiger partial charge in [-0.3, -0.25) is 4.79 Å². The van der Waals surface area contributed by atoms with Crippen molar-refractivity contribution >= 4 is 11.6 Å². The number of hydrogen-bond acceptors (Lipinski definition) is 1. The summed E-state index contributed by atoms with van der Waals surface area (Å²) in [7, 11) is 0. The lowest BCUT2D eigenvalue weighted by atomic mass is 9.89. The van der Waals surface area contributed by atoms with Gasteiger partial charge in [0.15, 0.2) is 0 Å². The highest BCUT2D eigenvalue weighted by Crippen LogP contribution is 2.22. The summed E-state index contributed by atoms with van der Waals surface area (Å²) in [5.41, 5.74) is 1.25. The first-order valence-electron chi connectivity index (χ1n) is 6.32. The van der Waals surface area contributed by atoms with E-state index in [4.69, 9.17) is 0 Å². The molecule has 0 heterocycles. The Morgan fingerprint density at radius 3 is 2.35 bits per heavy atom. The highest BCUT2D eigenvalue weighted by molar-refractivity contribution is 5.90. The number of anilines is 1. The molecular formula is C15H23NO.